The molecule has 31 heavy (non-hydrogen) atoms. The van der Waals surface area contributed by atoms with Crippen LogP contribution in [0.2, 0.25) is 0 Å². The minimum atomic E-state index is -1.51. The highest BCUT2D eigenvalue weighted by atomic mass is 127. The van der Waals surface area contributed by atoms with Crippen molar-refractivity contribution in [1.82, 2.24) is 10.2 Å². The van der Waals surface area contributed by atoms with Crippen LogP contribution in [0.25, 0.3) is 0 Å². The zero-order chi connectivity index (χ0) is 23.8. The molecule has 1 heterocycles. The topological polar surface area (TPSA) is 95.9 Å². The number of ether oxygens (including phenoxy) is 1. The normalized spacial score (nSPS) is 22.7. The third-order valence-electron chi connectivity index (χ3n) is 5.04. The van der Waals surface area contributed by atoms with Crippen molar-refractivity contribution < 1.29 is 28.6 Å². The number of alkyl carbamates (subject to hydrolysis) is 1. The molecule has 1 aromatic rings. The van der Waals surface area contributed by atoms with Gasteiger partial charge in [-0.05, 0) is 43.9 Å². The highest BCUT2D eigenvalue weighted by molar-refractivity contribution is 14.1. The van der Waals surface area contributed by atoms with Crippen molar-refractivity contribution in [1.29, 1.82) is 0 Å². The fraction of sp³-hybridized carbons (Fsp3) is 0.591. The smallest absolute Gasteiger partial charge is 0.408 e. The van der Waals surface area contributed by atoms with E-state index in [4.69, 9.17) is 4.74 Å². The second-order valence-corrected chi connectivity index (χ2v) is 11.0. The lowest BCUT2D eigenvalue weighted by molar-refractivity contribution is -0.139. The maximum atomic E-state index is 13.5. The minimum absolute atomic E-state index is 0.0184. The van der Waals surface area contributed by atoms with E-state index in [0.29, 0.717) is 5.56 Å². The van der Waals surface area contributed by atoms with Crippen LogP contribution in [-0.2, 0) is 19.9 Å². The van der Waals surface area contributed by atoms with E-state index in [1.807, 2.05) is 0 Å². The molecule has 0 bridgehead atoms. The Hall–Kier alpha value is -1.75. The predicted octanol–water partition coefficient (Wildman–Crippen LogP) is 3.52. The van der Waals surface area contributed by atoms with E-state index in [1.54, 1.807) is 64.1 Å². The summed E-state index contributed by atoms with van der Waals surface area (Å²) in [7, 11) is 0. The van der Waals surface area contributed by atoms with Crippen molar-refractivity contribution in [2.24, 2.45) is 5.41 Å². The number of rotatable bonds is 4. The molecule has 0 saturated carbocycles. The van der Waals surface area contributed by atoms with Crippen molar-refractivity contribution in [2.45, 2.75) is 71.2 Å². The van der Waals surface area contributed by atoms with Crippen LogP contribution < -0.4 is 5.32 Å². The molecule has 0 radical (unpaired) electrons. The lowest BCUT2D eigenvalue weighted by Gasteiger charge is -2.35. The Balaban J connectivity index is 2.34. The number of halogens is 2. The van der Waals surface area contributed by atoms with Crippen molar-refractivity contribution in [3.63, 3.8) is 0 Å². The number of benzene rings is 1. The minimum Gasteiger partial charge on any atom is -0.444 e. The van der Waals surface area contributed by atoms with Gasteiger partial charge in [-0.3, -0.25) is 9.59 Å². The van der Waals surface area contributed by atoms with Crippen molar-refractivity contribution in [3.8, 4) is 0 Å². The van der Waals surface area contributed by atoms with E-state index in [-0.39, 0.29) is 16.8 Å². The molecular weight excluding hydrogens is 518 g/mol. The van der Waals surface area contributed by atoms with Crippen LogP contribution in [0.15, 0.2) is 24.3 Å². The number of amides is 2. The molecule has 1 saturated heterocycles. The zero-order valence-electron chi connectivity index (χ0n) is 18.7. The third-order valence-corrected chi connectivity index (χ3v) is 5.76. The van der Waals surface area contributed by atoms with Crippen LogP contribution in [-0.4, -0.2) is 50.0 Å². The summed E-state index contributed by atoms with van der Waals surface area (Å²) in [6.45, 7) is 10.4. The van der Waals surface area contributed by atoms with Crippen LogP contribution in [0.4, 0.5) is 9.18 Å². The number of hydrogen-bond donors (Lipinski definition) is 2. The van der Waals surface area contributed by atoms with Gasteiger partial charge in [-0.1, -0.05) is 32.9 Å². The van der Waals surface area contributed by atoms with Gasteiger partial charge in [0, 0.05) is 29.0 Å². The van der Waals surface area contributed by atoms with E-state index < -0.39 is 46.5 Å². The number of carbonyl (C=O) groups is 3. The van der Waals surface area contributed by atoms with Crippen LogP contribution in [0.5, 0.6) is 0 Å². The summed E-state index contributed by atoms with van der Waals surface area (Å²) in [5.74, 6) is -0.944. The zero-order valence-corrected chi connectivity index (χ0v) is 20.8. The SMILES string of the molecule is CC(C)(C)OC(=O)NC(C(=O)N1C[C@](O)(c2ccc(F)cc2)C[C@H]1C(=O)I)C(C)(C)C. The van der Waals surface area contributed by atoms with Crippen LogP contribution in [0, 0.1) is 11.2 Å². The maximum Gasteiger partial charge on any atom is 0.408 e. The largest absolute Gasteiger partial charge is 0.444 e. The number of hydrogen-bond acceptors (Lipinski definition) is 5. The summed E-state index contributed by atoms with van der Waals surface area (Å²) < 4.78 is 18.3. The molecule has 7 nitrogen and oxygen atoms in total. The molecule has 1 unspecified atom stereocenters. The van der Waals surface area contributed by atoms with E-state index in [0.717, 1.165) is 0 Å². The van der Waals surface area contributed by atoms with Crippen molar-refractivity contribution in [3.05, 3.63) is 35.6 Å². The van der Waals surface area contributed by atoms with Crippen LogP contribution >= 0.6 is 22.6 Å². The number of carbonyl (C=O) groups excluding carboxylic acids is 3. The molecule has 1 fully saturated rings. The van der Waals surface area contributed by atoms with E-state index in [2.05, 4.69) is 5.32 Å². The van der Waals surface area contributed by atoms with Gasteiger partial charge in [0.25, 0.3) is 0 Å². The van der Waals surface area contributed by atoms with Gasteiger partial charge in [0.2, 0.25) is 9.70 Å². The molecule has 3 atom stereocenters. The first kappa shape index (κ1) is 25.5. The number of nitrogens with zero attached hydrogens (tertiary/aromatic N) is 1. The first-order valence-electron chi connectivity index (χ1n) is 10.0. The van der Waals surface area contributed by atoms with Gasteiger partial charge < -0.3 is 20.1 Å². The fourth-order valence-corrected chi connectivity index (χ4v) is 4.09. The Labute approximate surface area is 195 Å². The summed E-state index contributed by atoms with van der Waals surface area (Å²) >= 11 is 1.61. The fourth-order valence-electron chi connectivity index (χ4n) is 3.53. The van der Waals surface area contributed by atoms with E-state index in [9.17, 15) is 23.9 Å². The molecule has 0 aliphatic carbocycles. The average Bonchev–Trinajstić information content (AvgIpc) is 2.96. The standard InChI is InChI=1S/C22H30FIN2O5/c1-20(2,3)16(25-19(29)31-21(4,5)6)18(28)26-12-22(30,11-15(26)17(24)27)13-7-9-14(23)10-8-13/h7-10,15-16,30H,11-12H2,1-6H3,(H,25,29)/t15-,16?,22-/m0/s1. The molecule has 1 aliphatic heterocycles. The second-order valence-electron chi connectivity index (χ2n) is 9.97. The first-order chi connectivity index (χ1) is 14.0. The number of β-amino-alcohol motifs (C(OH)–C–C–N with tert-alkyl or cyclic N) is 1. The molecule has 172 valence electrons. The summed E-state index contributed by atoms with van der Waals surface area (Å²) in [6.07, 6.45) is -0.763. The molecule has 1 aliphatic rings. The van der Waals surface area contributed by atoms with Gasteiger partial charge in [-0.2, -0.15) is 0 Å². The molecule has 2 rings (SSSR count). The van der Waals surface area contributed by atoms with Gasteiger partial charge in [0.15, 0.2) is 0 Å². The molecule has 9 heteroatoms. The van der Waals surface area contributed by atoms with Gasteiger partial charge in [0.05, 0.1) is 6.54 Å². The predicted molar refractivity (Wildman–Crippen MR) is 122 cm³/mol. The molecule has 0 aromatic heterocycles. The van der Waals surface area contributed by atoms with Gasteiger partial charge in [0.1, 0.15) is 29.1 Å². The molecular formula is C22H30FIN2O5. The Bertz CT molecular complexity index is 847. The van der Waals surface area contributed by atoms with E-state index in [1.165, 1.54) is 29.2 Å². The summed E-state index contributed by atoms with van der Waals surface area (Å²) in [5.41, 5.74) is -2.53. The Kier molecular flexibility index (Phi) is 7.41. The maximum absolute atomic E-state index is 13.5. The average molecular weight is 548 g/mol. The van der Waals surface area contributed by atoms with Gasteiger partial charge in [-0.25, -0.2) is 9.18 Å². The van der Waals surface area contributed by atoms with Crippen LogP contribution in [0.3, 0.4) is 0 Å². The molecule has 1 aromatic carbocycles. The quantitative estimate of drug-likeness (QED) is 0.444. The Morgan fingerprint density at radius 1 is 1.19 bits per heavy atom. The molecule has 0 spiro atoms. The third kappa shape index (κ3) is 6.38. The lowest BCUT2D eigenvalue weighted by atomic mass is 9.85. The first-order valence-corrected chi connectivity index (χ1v) is 11.1. The van der Waals surface area contributed by atoms with Crippen molar-refractivity contribution in [2.75, 3.05) is 6.54 Å². The highest BCUT2D eigenvalue weighted by Gasteiger charge is 2.51. The summed E-state index contributed by atoms with van der Waals surface area (Å²) in [4.78, 5) is 39.5. The summed E-state index contributed by atoms with van der Waals surface area (Å²) in [6, 6.07) is 3.46. The monoisotopic (exact) mass is 548 g/mol. The lowest BCUT2D eigenvalue weighted by Crippen LogP contribution is -2.57. The number of nitrogens with one attached hydrogen (secondary N) is 1. The second kappa shape index (κ2) is 9.01. The van der Waals surface area contributed by atoms with Crippen molar-refractivity contribution >= 4 is 38.4 Å². The Morgan fingerprint density at radius 2 is 1.74 bits per heavy atom. The summed E-state index contributed by atoms with van der Waals surface area (Å²) in [5, 5.41) is 13.9. The Morgan fingerprint density at radius 3 is 2.19 bits per heavy atom. The number of likely N-dealkylation sites (tertiary alicyclic amines) is 1. The highest BCUT2D eigenvalue weighted by Crippen LogP contribution is 2.38. The molecule has 2 amide bonds. The van der Waals surface area contributed by atoms with E-state index >= 15 is 0 Å². The van der Waals surface area contributed by atoms with Gasteiger partial charge in [-0.15, -0.1) is 0 Å². The van der Waals surface area contributed by atoms with Crippen LogP contribution in [0.1, 0.15) is 53.5 Å². The van der Waals surface area contributed by atoms with Gasteiger partial charge >= 0.3 is 6.09 Å². The number of aliphatic hydroxyl groups is 1. The molecule has 2 N–H and O–H groups in total.